The van der Waals surface area contributed by atoms with E-state index in [0.717, 1.165) is 55.3 Å². The van der Waals surface area contributed by atoms with E-state index in [9.17, 15) is 0 Å². The lowest BCUT2D eigenvalue weighted by molar-refractivity contribution is 0.202. The van der Waals surface area contributed by atoms with E-state index < -0.39 is 0 Å². The lowest BCUT2D eigenvalue weighted by Crippen LogP contribution is -2.32. The van der Waals surface area contributed by atoms with E-state index >= 15 is 0 Å². The number of imidazole rings is 1. The third kappa shape index (κ3) is 5.68. The Kier molecular flexibility index (Phi) is 9.69. The molecule has 0 saturated carbocycles. The van der Waals surface area contributed by atoms with Gasteiger partial charge in [-0.3, -0.25) is 4.90 Å². The normalized spacial score (nSPS) is 14.2. The van der Waals surface area contributed by atoms with Gasteiger partial charge in [-0.1, -0.05) is 18.2 Å². The zero-order valence-electron chi connectivity index (χ0n) is 18.7. The van der Waals surface area contributed by atoms with Crippen LogP contribution in [-0.2, 0) is 6.54 Å². The van der Waals surface area contributed by atoms with Crippen LogP contribution >= 0.6 is 24.8 Å². The summed E-state index contributed by atoms with van der Waals surface area (Å²) in [5.74, 6) is 3.72. The van der Waals surface area contributed by atoms with Crippen LogP contribution in [0.3, 0.4) is 0 Å². The zero-order valence-corrected chi connectivity index (χ0v) is 20.3. The van der Waals surface area contributed by atoms with Gasteiger partial charge in [0.1, 0.15) is 11.6 Å². The summed E-state index contributed by atoms with van der Waals surface area (Å²) in [6.45, 7) is 3.00. The Hall–Kier alpha value is -2.41. The topological polar surface area (TPSA) is 59.6 Å². The maximum absolute atomic E-state index is 5.55. The minimum atomic E-state index is 0. The fourth-order valence-electron chi connectivity index (χ4n) is 4.21. The van der Waals surface area contributed by atoms with Crippen LogP contribution in [0.1, 0.15) is 30.0 Å². The number of hydrogen-bond acceptors (Lipinski definition) is 5. The van der Waals surface area contributed by atoms with Crippen LogP contribution in [-0.4, -0.2) is 49.3 Å². The summed E-state index contributed by atoms with van der Waals surface area (Å²) in [7, 11) is 5.02. The number of nitrogens with one attached hydrogen (secondary N) is 1. The van der Waals surface area contributed by atoms with Gasteiger partial charge in [0, 0.05) is 18.4 Å². The summed E-state index contributed by atoms with van der Waals surface area (Å²) in [5, 5.41) is 0. The summed E-state index contributed by atoms with van der Waals surface area (Å²) in [5.41, 5.74) is 3.39. The van der Waals surface area contributed by atoms with Gasteiger partial charge in [-0.25, -0.2) is 4.98 Å². The lowest BCUT2D eigenvalue weighted by Gasteiger charge is -2.31. The molecule has 1 aromatic heterocycles. The highest BCUT2D eigenvalue weighted by atomic mass is 35.5. The summed E-state index contributed by atoms with van der Waals surface area (Å²) in [6, 6.07) is 14.3. The number of ether oxygens (including phenoxy) is 3. The predicted octanol–water partition coefficient (Wildman–Crippen LogP) is 5.33. The van der Waals surface area contributed by atoms with Crippen LogP contribution in [0.4, 0.5) is 0 Å². The molecule has 1 saturated heterocycles. The Morgan fingerprint density at radius 3 is 2.41 bits per heavy atom. The number of piperidine rings is 1. The summed E-state index contributed by atoms with van der Waals surface area (Å²) >= 11 is 0. The van der Waals surface area contributed by atoms with Gasteiger partial charge < -0.3 is 19.2 Å². The molecule has 0 aliphatic carbocycles. The van der Waals surface area contributed by atoms with Gasteiger partial charge in [0.2, 0.25) is 0 Å². The Morgan fingerprint density at radius 1 is 0.969 bits per heavy atom. The molecule has 32 heavy (non-hydrogen) atoms. The molecule has 1 aliphatic rings. The van der Waals surface area contributed by atoms with E-state index in [0.29, 0.717) is 17.4 Å². The van der Waals surface area contributed by atoms with Crippen molar-refractivity contribution in [1.29, 1.82) is 0 Å². The Bertz CT molecular complexity index is 988. The molecule has 2 aromatic carbocycles. The molecule has 0 unspecified atom stereocenters. The zero-order chi connectivity index (χ0) is 20.9. The van der Waals surface area contributed by atoms with E-state index in [1.54, 1.807) is 21.3 Å². The average molecular weight is 480 g/mol. The predicted molar refractivity (Wildman–Crippen MR) is 132 cm³/mol. The van der Waals surface area contributed by atoms with Gasteiger partial charge in [0.15, 0.2) is 11.5 Å². The summed E-state index contributed by atoms with van der Waals surface area (Å²) in [6.07, 6.45) is 4.22. The van der Waals surface area contributed by atoms with Crippen LogP contribution < -0.4 is 14.2 Å². The Labute approximate surface area is 202 Å². The van der Waals surface area contributed by atoms with Crippen LogP contribution in [0.25, 0.3) is 11.4 Å². The molecular formula is C24H31Cl2N3O3. The number of aromatic nitrogens is 2. The maximum atomic E-state index is 5.55. The molecule has 1 N–H and O–H groups in total. The van der Waals surface area contributed by atoms with Gasteiger partial charge in [0.05, 0.1) is 26.9 Å². The maximum Gasteiger partial charge on any atom is 0.171 e. The standard InChI is InChI=1S/C24H29N3O3.2ClH/c1-28-20-7-4-6-18(14-20)17-10-12-27(13-11-17)16-19-15-25-24(26-19)21-8-5-9-22(29-2)23(21)30-3;;/h4-9,14-15,17H,10-13,16H2,1-3H3,(H,25,26);2*1H. The number of hydrogen-bond donors (Lipinski definition) is 1. The number of aromatic amines is 1. The summed E-state index contributed by atoms with van der Waals surface area (Å²) in [4.78, 5) is 10.5. The third-order valence-electron chi connectivity index (χ3n) is 5.83. The molecule has 1 aliphatic heterocycles. The monoisotopic (exact) mass is 479 g/mol. The van der Waals surface area contributed by atoms with Crippen molar-refractivity contribution >= 4 is 24.8 Å². The minimum absolute atomic E-state index is 0. The van der Waals surface area contributed by atoms with Crippen molar-refractivity contribution in [3.05, 3.63) is 59.9 Å². The average Bonchev–Trinajstić information content (AvgIpc) is 3.27. The van der Waals surface area contributed by atoms with Crippen molar-refractivity contribution in [1.82, 2.24) is 14.9 Å². The number of methoxy groups -OCH3 is 3. The molecule has 0 amide bonds. The van der Waals surface area contributed by atoms with E-state index in [1.807, 2.05) is 30.5 Å². The first kappa shape index (κ1) is 25.8. The molecule has 3 aromatic rings. The molecule has 0 bridgehead atoms. The second-order valence-corrected chi connectivity index (χ2v) is 7.63. The van der Waals surface area contributed by atoms with Crippen molar-refractivity contribution in [2.45, 2.75) is 25.3 Å². The molecule has 8 heteroatoms. The molecule has 0 atom stereocenters. The minimum Gasteiger partial charge on any atom is -0.497 e. The number of para-hydroxylation sites is 1. The number of benzene rings is 2. The van der Waals surface area contributed by atoms with E-state index in [1.165, 1.54) is 5.56 Å². The highest BCUT2D eigenvalue weighted by molar-refractivity contribution is 5.85. The first-order valence-corrected chi connectivity index (χ1v) is 10.3. The van der Waals surface area contributed by atoms with Crippen molar-refractivity contribution in [3.8, 4) is 28.6 Å². The van der Waals surface area contributed by atoms with Gasteiger partial charge in [0.25, 0.3) is 0 Å². The number of halogens is 2. The van der Waals surface area contributed by atoms with Crippen LogP contribution in [0, 0.1) is 0 Å². The van der Waals surface area contributed by atoms with Crippen molar-refractivity contribution in [3.63, 3.8) is 0 Å². The Morgan fingerprint density at radius 2 is 1.72 bits per heavy atom. The lowest BCUT2D eigenvalue weighted by atomic mass is 9.89. The van der Waals surface area contributed by atoms with Crippen LogP contribution in [0.5, 0.6) is 17.2 Å². The van der Waals surface area contributed by atoms with Crippen LogP contribution in [0.2, 0.25) is 0 Å². The van der Waals surface area contributed by atoms with Crippen molar-refractivity contribution in [2.24, 2.45) is 0 Å². The fraction of sp³-hybridized carbons (Fsp3) is 0.375. The largest absolute Gasteiger partial charge is 0.497 e. The van der Waals surface area contributed by atoms with Gasteiger partial charge in [-0.15, -0.1) is 24.8 Å². The number of likely N-dealkylation sites (tertiary alicyclic amines) is 1. The first-order valence-electron chi connectivity index (χ1n) is 10.3. The molecule has 174 valence electrons. The third-order valence-corrected chi connectivity index (χ3v) is 5.83. The van der Waals surface area contributed by atoms with Gasteiger partial charge >= 0.3 is 0 Å². The number of nitrogens with zero attached hydrogens (tertiary/aromatic N) is 2. The SMILES string of the molecule is COc1cccc(C2CCN(Cc3cnc(-c4cccc(OC)c4OC)[nH]3)CC2)c1.Cl.Cl. The highest BCUT2D eigenvalue weighted by Gasteiger charge is 2.22. The molecule has 4 rings (SSSR count). The highest BCUT2D eigenvalue weighted by Crippen LogP contribution is 2.36. The Balaban J connectivity index is 0.00000181. The van der Waals surface area contributed by atoms with Gasteiger partial charge in [-0.05, 0) is 61.7 Å². The van der Waals surface area contributed by atoms with E-state index in [-0.39, 0.29) is 24.8 Å². The van der Waals surface area contributed by atoms with E-state index in [4.69, 9.17) is 14.2 Å². The molecule has 2 heterocycles. The van der Waals surface area contributed by atoms with E-state index in [2.05, 4.69) is 33.1 Å². The molecule has 6 nitrogen and oxygen atoms in total. The molecular weight excluding hydrogens is 449 g/mol. The van der Waals surface area contributed by atoms with Crippen LogP contribution in [0.15, 0.2) is 48.7 Å². The molecule has 0 spiro atoms. The second kappa shape index (κ2) is 12.0. The van der Waals surface area contributed by atoms with Crippen molar-refractivity contribution < 1.29 is 14.2 Å². The smallest absolute Gasteiger partial charge is 0.171 e. The van der Waals surface area contributed by atoms with Gasteiger partial charge in [-0.2, -0.15) is 0 Å². The van der Waals surface area contributed by atoms with Crippen molar-refractivity contribution in [2.75, 3.05) is 34.4 Å². The second-order valence-electron chi connectivity index (χ2n) is 7.63. The number of rotatable bonds is 7. The number of H-pyrrole nitrogens is 1. The fourth-order valence-corrected chi connectivity index (χ4v) is 4.21. The summed E-state index contributed by atoms with van der Waals surface area (Å²) < 4.78 is 16.3. The molecule has 0 radical (unpaired) electrons. The first-order chi connectivity index (χ1) is 14.7. The molecule has 1 fully saturated rings. The quantitative estimate of drug-likeness (QED) is 0.496.